The van der Waals surface area contributed by atoms with Crippen LogP contribution in [-0.4, -0.2) is 16.2 Å². The summed E-state index contributed by atoms with van der Waals surface area (Å²) in [4.78, 5) is 4.89. The van der Waals surface area contributed by atoms with Crippen molar-refractivity contribution in [2.45, 2.75) is 13.5 Å². The molecular formula is C24H22N2O. The zero-order valence-corrected chi connectivity index (χ0v) is 15.4. The summed E-state index contributed by atoms with van der Waals surface area (Å²) in [5.41, 5.74) is 4.44. The second-order valence-corrected chi connectivity index (χ2v) is 6.40. The molecule has 4 aromatic rings. The molecule has 3 nitrogen and oxygen atoms in total. The van der Waals surface area contributed by atoms with Crippen LogP contribution in [0.3, 0.4) is 0 Å². The average molecular weight is 354 g/mol. The van der Waals surface area contributed by atoms with Gasteiger partial charge >= 0.3 is 0 Å². The second kappa shape index (κ2) is 7.92. The van der Waals surface area contributed by atoms with E-state index in [2.05, 4.69) is 60.0 Å². The van der Waals surface area contributed by atoms with Crippen LogP contribution in [-0.2, 0) is 6.54 Å². The molecule has 0 unspecified atom stereocenters. The fraction of sp³-hybridized carbons (Fsp3) is 0.125. The standard InChI is InChI=1S/C24H22N2O/c1-19-25-23(20-11-5-2-6-12-20)24(21-13-7-3-8-14-21)26(19)17-18-27-22-15-9-4-10-16-22/h2-16H,17-18H2,1H3. The van der Waals surface area contributed by atoms with Crippen LogP contribution in [0.2, 0.25) is 0 Å². The van der Waals surface area contributed by atoms with Gasteiger partial charge in [-0.2, -0.15) is 0 Å². The Morgan fingerprint density at radius 1 is 0.741 bits per heavy atom. The zero-order valence-electron chi connectivity index (χ0n) is 15.4. The molecule has 0 aliphatic heterocycles. The SMILES string of the molecule is Cc1nc(-c2ccccc2)c(-c2ccccc2)n1CCOc1ccccc1. The van der Waals surface area contributed by atoms with Crippen molar-refractivity contribution in [2.24, 2.45) is 0 Å². The summed E-state index contributed by atoms with van der Waals surface area (Å²) in [6.45, 7) is 3.39. The number of aromatic nitrogens is 2. The van der Waals surface area contributed by atoms with Crippen LogP contribution in [0.4, 0.5) is 0 Å². The molecule has 1 heterocycles. The largest absolute Gasteiger partial charge is 0.492 e. The van der Waals surface area contributed by atoms with Crippen molar-refractivity contribution in [3.8, 4) is 28.3 Å². The first-order valence-corrected chi connectivity index (χ1v) is 9.19. The van der Waals surface area contributed by atoms with E-state index in [0.717, 1.165) is 40.6 Å². The normalized spacial score (nSPS) is 10.7. The molecule has 3 aromatic carbocycles. The number of ether oxygens (including phenoxy) is 1. The predicted octanol–water partition coefficient (Wildman–Crippen LogP) is 5.60. The molecule has 3 heteroatoms. The molecule has 0 saturated heterocycles. The number of hydrogen-bond acceptors (Lipinski definition) is 2. The van der Waals surface area contributed by atoms with Crippen molar-refractivity contribution in [1.29, 1.82) is 0 Å². The Morgan fingerprint density at radius 2 is 1.30 bits per heavy atom. The van der Waals surface area contributed by atoms with Gasteiger partial charge in [0.15, 0.2) is 0 Å². The van der Waals surface area contributed by atoms with E-state index in [0.29, 0.717) is 6.61 Å². The summed E-state index contributed by atoms with van der Waals surface area (Å²) in [5, 5.41) is 0. The van der Waals surface area contributed by atoms with Crippen LogP contribution in [0.1, 0.15) is 5.82 Å². The van der Waals surface area contributed by atoms with Crippen LogP contribution in [0.15, 0.2) is 91.0 Å². The van der Waals surface area contributed by atoms with E-state index in [4.69, 9.17) is 9.72 Å². The summed E-state index contributed by atoms with van der Waals surface area (Å²) in [6.07, 6.45) is 0. The highest BCUT2D eigenvalue weighted by molar-refractivity contribution is 5.79. The first-order valence-electron chi connectivity index (χ1n) is 9.19. The maximum atomic E-state index is 5.92. The molecule has 0 aliphatic carbocycles. The maximum Gasteiger partial charge on any atom is 0.119 e. The molecule has 0 fully saturated rings. The molecule has 0 amide bonds. The molecule has 27 heavy (non-hydrogen) atoms. The van der Waals surface area contributed by atoms with Gasteiger partial charge in [0.05, 0.1) is 17.9 Å². The van der Waals surface area contributed by atoms with Gasteiger partial charge in [0.25, 0.3) is 0 Å². The quantitative estimate of drug-likeness (QED) is 0.450. The van der Waals surface area contributed by atoms with Crippen LogP contribution in [0.25, 0.3) is 22.5 Å². The van der Waals surface area contributed by atoms with Crippen molar-refractivity contribution in [3.63, 3.8) is 0 Å². The van der Waals surface area contributed by atoms with Gasteiger partial charge in [-0.25, -0.2) is 4.98 Å². The van der Waals surface area contributed by atoms with Crippen molar-refractivity contribution < 1.29 is 4.74 Å². The number of rotatable bonds is 6. The molecule has 0 atom stereocenters. The number of imidazole rings is 1. The van der Waals surface area contributed by atoms with Crippen LogP contribution in [0, 0.1) is 6.92 Å². The number of aryl methyl sites for hydroxylation is 1. The predicted molar refractivity (Wildman–Crippen MR) is 110 cm³/mol. The van der Waals surface area contributed by atoms with Crippen molar-refractivity contribution in [1.82, 2.24) is 9.55 Å². The minimum atomic E-state index is 0.593. The van der Waals surface area contributed by atoms with Gasteiger partial charge < -0.3 is 9.30 Å². The van der Waals surface area contributed by atoms with Gasteiger partial charge in [-0.1, -0.05) is 78.9 Å². The Balaban J connectivity index is 1.69. The molecule has 4 rings (SSSR count). The van der Waals surface area contributed by atoms with Crippen LogP contribution >= 0.6 is 0 Å². The second-order valence-electron chi connectivity index (χ2n) is 6.40. The van der Waals surface area contributed by atoms with E-state index >= 15 is 0 Å². The highest BCUT2D eigenvalue weighted by Gasteiger charge is 2.17. The third kappa shape index (κ3) is 3.77. The first-order chi connectivity index (χ1) is 13.3. The van der Waals surface area contributed by atoms with Crippen molar-refractivity contribution >= 4 is 0 Å². The van der Waals surface area contributed by atoms with Crippen molar-refractivity contribution in [3.05, 3.63) is 96.8 Å². The summed E-state index contributed by atoms with van der Waals surface area (Å²) in [5.74, 6) is 1.88. The maximum absolute atomic E-state index is 5.92. The summed E-state index contributed by atoms with van der Waals surface area (Å²) >= 11 is 0. The third-order valence-corrected chi connectivity index (χ3v) is 4.58. The Hall–Kier alpha value is -3.33. The molecule has 0 aliphatic rings. The molecule has 0 N–H and O–H groups in total. The van der Waals surface area contributed by atoms with Crippen molar-refractivity contribution in [2.75, 3.05) is 6.61 Å². The van der Waals surface area contributed by atoms with Crippen LogP contribution < -0.4 is 4.74 Å². The number of hydrogen-bond donors (Lipinski definition) is 0. The Bertz CT molecular complexity index is 993. The summed E-state index contributed by atoms with van der Waals surface area (Å²) in [7, 11) is 0. The smallest absolute Gasteiger partial charge is 0.119 e. The fourth-order valence-electron chi connectivity index (χ4n) is 3.30. The van der Waals surface area contributed by atoms with Gasteiger partial charge in [0, 0.05) is 11.1 Å². The lowest BCUT2D eigenvalue weighted by Gasteiger charge is -2.13. The van der Waals surface area contributed by atoms with Gasteiger partial charge in [0.2, 0.25) is 0 Å². The van der Waals surface area contributed by atoms with Gasteiger partial charge in [-0.05, 0) is 19.1 Å². The number of benzene rings is 3. The Kier molecular flexibility index (Phi) is 5.01. The molecule has 1 aromatic heterocycles. The van der Waals surface area contributed by atoms with E-state index in [1.165, 1.54) is 0 Å². The van der Waals surface area contributed by atoms with Crippen LogP contribution in [0.5, 0.6) is 5.75 Å². The highest BCUT2D eigenvalue weighted by Crippen LogP contribution is 2.32. The van der Waals surface area contributed by atoms with E-state index < -0.39 is 0 Å². The molecule has 0 saturated carbocycles. The first kappa shape index (κ1) is 17.1. The van der Waals surface area contributed by atoms with E-state index in [9.17, 15) is 0 Å². The van der Waals surface area contributed by atoms with Gasteiger partial charge in [0.1, 0.15) is 18.2 Å². The lowest BCUT2D eigenvalue weighted by molar-refractivity contribution is 0.297. The summed E-state index contributed by atoms with van der Waals surface area (Å²) in [6, 6.07) is 30.7. The van der Waals surface area contributed by atoms with Gasteiger partial charge in [-0.15, -0.1) is 0 Å². The molecule has 134 valence electrons. The molecule has 0 radical (unpaired) electrons. The van der Waals surface area contributed by atoms with E-state index in [1.54, 1.807) is 0 Å². The monoisotopic (exact) mass is 354 g/mol. The molecule has 0 bridgehead atoms. The zero-order chi connectivity index (χ0) is 18.5. The summed E-state index contributed by atoms with van der Waals surface area (Å²) < 4.78 is 8.17. The third-order valence-electron chi connectivity index (χ3n) is 4.58. The average Bonchev–Trinajstić information content (AvgIpc) is 3.06. The number of nitrogens with zero attached hydrogens (tertiary/aromatic N) is 2. The van der Waals surface area contributed by atoms with Gasteiger partial charge in [-0.3, -0.25) is 0 Å². The Labute approximate surface area is 159 Å². The lowest BCUT2D eigenvalue weighted by atomic mass is 10.0. The molecular weight excluding hydrogens is 332 g/mol. The fourth-order valence-corrected chi connectivity index (χ4v) is 3.30. The van der Waals surface area contributed by atoms with E-state index in [1.807, 2.05) is 42.5 Å². The number of para-hydroxylation sites is 1. The van der Waals surface area contributed by atoms with E-state index in [-0.39, 0.29) is 0 Å². The topological polar surface area (TPSA) is 27.1 Å². The minimum absolute atomic E-state index is 0.593. The molecule has 0 spiro atoms. The lowest BCUT2D eigenvalue weighted by Crippen LogP contribution is -2.11. The highest BCUT2D eigenvalue weighted by atomic mass is 16.5. The Morgan fingerprint density at radius 3 is 1.93 bits per heavy atom. The minimum Gasteiger partial charge on any atom is -0.492 e.